The van der Waals surface area contributed by atoms with Gasteiger partial charge in [-0.3, -0.25) is 0 Å². The lowest BCUT2D eigenvalue weighted by Gasteiger charge is -2.19. The van der Waals surface area contributed by atoms with E-state index in [4.69, 9.17) is 9.47 Å². The first-order valence-electron chi connectivity index (χ1n) is 5.84. The van der Waals surface area contributed by atoms with Gasteiger partial charge in [0.25, 0.3) is 0 Å². The third kappa shape index (κ3) is 2.40. The Morgan fingerprint density at radius 1 is 1.50 bits per heavy atom. The van der Waals surface area contributed by atoms with Crippen molar-refractivity contribution in [3.05, 3.63) is 32.4 Å². The van der Waals surface area contributed by atoms with Crippen LogP contribution in [0.4, 0.5) is 5.82 Å². The van der Waals surface area contributed by atoms with Crippen molar-refractivity contribution in [3.8, 4) is 0 Å². The van der Waals surface area contributed by atoms with Gasteiger partial charge in [-0.25, -0.2) is 4.98 Å². The van der Waals surface area contributed by atoms with Crippen LogP contribution in [-0.4, -0.2) is 38.1 Å². The average molecular weight is 297 g/mol. The summed E-state index contributed by atoms with van der Waals surface area (Å²) in [4.78, 5) is 16.3. The molecule has 10 heteroatoms. The van der Waals surface area contributed by atoms with Gasteiger partial charge in [-0.15, -0.1) is 16.4 Å². The van der Waals surface area contributed by atoms with Gasteiger partial charge in [-0.2, -0.15) is 0 Å². The van der Waals surface area contributed by atoms with Crippen molar-refractivity contribution in [2.45, 2.75) is 19.3 Å². The lowest BCUT2D eigenvalue weighted by Crippen LogP contribution is -2.20. The van der Waals surface area contributed by atoms with Crippen molar-refractivity contribution >= 4 is 17.2 Å². The maximum atomic E-state index is 10.5. The van der Waals surface area contributed by atoms with E-state index >= 15 is 0 Å². The first-order valence-corrected chi connectivity index (χ1v) is 6.66. The molecular weight excluding hydrogens is 286 g/mol. The number of hydrogen-bond acceptors (Lipinski definition) is 8. The molecule has 2 aromatic rings. The Labute approximate surface area is 117 Å². The van der Waals surface area contributed by atoms with Gasteiger partial charge in [0, 0.05) is 6.20 Å². The van der Waals surface area contributed by atoms with Gasteiger partial charge >= 0.3 is 5.82 Å². The predicted octanol–water partition coefficient (Wildman–Crippen LogP) is 0.911. The molecule has 106 valence electrons. The summed E-state index contributed by atoms with van der Waals surface area (Å²) in [5.74, 6) is -1.03. The van der Waals surface area contributed by atoms with E-state index in [0.29, 0.717) is 13.2 Å². The van der Waals surface area contributed by atoms with Crippen LogP contribution in [0.1, 0.15) is 16.8 Å². The lowest BCUT2D eigenvalue weighted by molar-refractivity contribution is -0.389. The molecule has 3 heterocycles. The zero-order chi connectivity index (χ0) is 14.2. The average Bonchev–Trinajstić information content (AvgIpc) is 3.10. The SMILES string of the molecule is CC1(c2cnc(Cn3ncc([N+](=O)[O-])n3)s2)OCCO1. The molecule has 20 heavy (non-hydrogen) atoms. The van der Waals surface area contributed by atoms with Crippen LogP contribution in [-0.2, 0) is 21.8 Å². The number of rotatable bonds is 4. The van der Waals surface area contributed by atoms with E-state index in [0.717, 1.165) is 16.1 Å². The van der Waals surface area contributed by atoms with Gasteiger partial charge in [0.2, 0.25) is 5.79 Å². The second kappa shape index (κ2) is 4.89. The molecule has 9 nitrogen and oxygen atoms in total. The molecule has 0 bridgehead atoms. The fraction of sp³-hybridized carbons (Fsp3) is 0.500. The van der Waals surface area contributed by atoms with E-state index in [1.807, 2.05) is 6.92 Å². The van der Waals surface area contributed by atoms with Gasteiger partial charge in [0.1, 0.15) is 11.6 Å². The molecule has 0 unspecified atom stereocenters. The molecule has 0 radical (unpaired) electrons. The highest BCUT2D eigenvalue weighted by Gasteiger charge is 2.35. The number of hydrogen-bond donors (Lipinski definition) is 0. The summed E-state index contributed by atoms with van der Waals surface area (Å²) in [5.41, 5.74) is 0. The normalized spacial score (nSPS) is 17.4. The Hall–Kier alpha value is -1.91. The molecule has 0 aliphatic carbocycles. The first-order chi connectivity index (χ1) is 9.57. The molecule has 0 N–H and O–H groups in total. The van der Waals surface area contributed by atoms with E-state index in [2.05, 4.69) is 15.2 Å². The topological polar surface area (TPSA) is 105 Å². The zero-order valence-electron chi connectivity index (χ0n) is 10.6. The van der Waals surface area contributed by atoms with Crippen molar-refractivity contribution in [3.63, 3.8) is 0 Å². The summed E-state index contributed by atoms with van der Waals surface area (Å²) in [6.07, 6.45) is 2.79. The molecule has 1 fully saturated rings. The minimum absolute atomic E-state index is 0.272. The second-order valence-electron chi connectivity index (χ2n) is 4.25. The molecule has 0 aromatic carbocycles. The number of ether oxygens (including phenoxy) is 2. The highest BCUT2D eigenvalue weighted by Crippen LogP contribution is 2.34. The molecule has 1 aliphatic heterocycles. The van der Waals surface area contributed by atoms with E-state index < -0.39 is 10.7 Å². The quantitative estimate of drug-likeness (QED) is 0.610. The summed E-state index contributed by atoms with van der Waals surface area (Å²) in [7, 11) is 0. The Kier molecular flexibility index (Phi) is 3.20. The van der Waals surface area contributed by atoms with Gasteiger partial charge in [0.15, 0.2) is 6.20 Å². The van der Waals surface area contributed by atoms with Crippen molar-refractivity contribution in [1.29, 1.82) is 0 Å². The van der Waals surface area contributed by atoms with Crippen LogP contribution >= 0.6 is 11.3 Å². The van der Waals surface area contributed by atoms with Gasteiger partial charge in [-0.05, 0) is 11.8 Å². The molecule has 3 rings (SSSR count). The lowest BCUT2D eigenvalue weighted by atomic mass is 10.3. The van der Waals surface area contributed by atoms with E-state index in [1.165, 1.54) is 16.1 Å². The molecule has 0 atom stereocenters. The highest BCUT2D eigenvalue weighted by atomic mass is 32.1. The molecular formula is C10H11N5O4S. The molecule has 0 saturated carbocycles. The molecule has 1 saturated heterocycles. The number of aromatic nitrogens is 4. The predicted molar refractivity (Wildman–Crippen MR) is 67.1 cm³/mol. The van der Waals surface area contributed by atoms with E-state index in [9.17, 15) is 10.1 Å². The highest BCUT2D eigenvalue weighted by molar-refractivity contribution is 7.11. The molecule has 1 aliphatic rings. The van der Waals surface area contributed by atoms with Crippen LogP contribution in [0.2, 0.25) is 0 Å². The largest absolute Gasteiger partial charge is 0.410 e. The van der Waals surface area contributed by atoms with Crippen LogP contribution in [0.25, 0.3) is 0 Å². The molecule has 0 amide bonds. The Bertz CT molecular complexity index is 633. The Morgan fingerprint density at radius 3 is 2.90 bits per heavy atom. The van der Waals surface area contributed by atoms with E-state index in [-0.39, 0.29) is 12.4 Å². The van der Waals surface area contributed by atoms with Gasteiger partial charge < -0.3 is 19.6 Å². The summed E-state index contributed by atoms with van der Waals surface area (Å²) >= 11 is 1.41. The van der Waals surface area contributed by atoms with Crippen LogP contribution in [0, 0.1) is 10.1 Å². The number of nitro groups is 1. The zero-order valence-corrected chi connectivity index (χ0v) is 11.4. The van der Waals surface area contributed by atoms with Crippen LogP contribution < -0.4 is 0 Å². The maximum absolute atomic E-state index is 10.5. The minimum Gasteiger partial charge on any atom is -0.358 e. The van der Waals surface area contributed by atoms with Crippen LogP contribution in [0.3, 0.4) is 0 Å². The standard InChI is InChI=1S/C10H11N5O4S/c1-10(18-2-3-19-10)7-4-11-9(20-7)6-14-12-5-8(13-14)15(16)17/h4-5H,2-3,6H2,1H3. The van der Waals surface area contributed by atoms with Crippen LogP contribution in [0.15, 0.2) is 12.4 Å². The fourth-order valence-corrected chi connectivity index (χ4v) is 2.77. The third-order valence-electron chi connectivity index (χ3n) is 2.83. The number of thiazole rings is 1. The summed E-state index contributed by atoms with van der Waals surface area (Å²) in [6, 6.07) is 0. The smallest absolute Gasteiger partial charge is 0.358 e. The van der Waals surface area contributed by atoms with Gasteiger partial charge in [-0.1, -0.05) is 4.80 Å². The van der Waals surface area contributed by atoms with Crippen molar-refractivity contribution in [1.82, 2.24) is 20.0 Å². The molecule has 0 spiro atoms. The third-order valence-corrected chi connectivity index (χ3v) is 3.99. The Balaban J connectivity index is 1.75. The van der Waals surface area contributed by atoms with Crippen molar-refractivity contribution in [2.24, 2.45) is 0 Å². The fourth-order valence-electron chi connectivity index (χ4n) is 1.82. The summed E-state index contributed by atoms with van der Waals surface area (Å²) < 4.78 is 11.1. The number of nitrogens with zero attached hydrogens (tertiary/aromatic N) is 5. The summed E-state index contributed by atoms with van der Waals surface area (Å²) in [5, 5.41) is 18.8. The Morgan fingerprint density at radius 2 is 2.25 bits per heavy atom. The van der Waals surface area contributed by atoms with Crippen molar-refractivity contribution < 1.29 is 14.4 Å². The van der Waals surface area contributed by atoms with Gasteiger partial charge in [0.05, 0.1) is 23.2 Å². The molecule has 2 aromatic heterocycles. The second-order valence-corrected chi connectivity index (χ2v) is 5.37. The monoisotopic (exact) mass is 297 g/mol. The van der Waals surface area contributed by atoms with Crippen molar-refractivity contribution in [2.75, 3.05) is 13.2 Å². The minimum atomic E-state index is -0.751. The summed E-state index contributed by atoms with van der Waals surface area (Å²) in [6.45, 7) is 3.22. The first kappa shape index (κ1) is 13.1. The van der Waals surface area contributed by atoms with E-state index in [1.54, 1.807) is 6.20 Å². The van der Waals surface area contributed by atoms with Crippen LogP contribution in [0.5, 0.6) is 0 Å². The maximum Gasteiger partial charge on any atom is 0.410 e.